The van der Waals surface area contributed by atoms with E-state index in [9.17, 15) is 14.0 Å². The molecule has 1 atom stereocenters. The van der Waals surface area contributed by atoms with Crippen LogP contribution >= 0.6 is 0 Å². The van der Waals surface area contributed by atoms with Gasteiger partial charge >= 0.3 is 0 Å². The molecular weight excluding hydrogens is 409 g/mol. The minimum Gasteiger partial charge on any atom is -0.390 e. The van der Waals surface area contributed by atoms with Gasteiger partial charge in [0.2, 0.25) is 5.76 Å². The lowest BCUT2D eigenvalue weighted by Crippen LogP contribution is -2.44. The van der Waals surface area contributed by atoms with Crippen LogP contribution in [-0.2, 0) is 4.79 Å². The van der Waals surface area contributed by atoms with Crippen LogP contribution in [0.25, 0.3) is 11.3 Å². The number of carbonyl (C=O) groups is 2. The van der Waals surface area contributed by atoms with Gasteiger partial charge < -0.3 is 19.5 Å². The van der Waals surface area contributed by atoms with E-state index in [1.165, 1.54) is 24.1 Å². The molecule has 1 amide bonds. The lowest BCUT2D eigenvalue weighted by molar-refractivity contribution is -0.112. The van der Waals surface area contributed by atoms with E-state index in [0.29, 0.717) is 24.2 Å². The van der Waals surface area contributed by atoms with Gasteiger partial charge in [0.1, 0.15) is 17.8 Å². The molecule has 1 aliphatic rings. The van der Waals surface area contributed by atoms with Crippen molar-refractivity contribution in [3.8, 4) is 11.3 Å². The SMILES string of the molecule is CNC(CN(C(=O)c1cc(-c2ccc(F)cc2)no1)C(C=O)CC(C)C)=C1CCCCC1. The number of benzene rings is 1. The van der Waals surface area contributed by atoms with E-state index in [1.807, 2.05) is 20.9 Å². The Balaban J connectivity index is 1.91. The molecule has 1 aliphatic carbocycles. The number of nitrogens with zero attached hydrogens (tertiary/aromatic N) is 2. The summed E-state index contributed by atoms with van der Waals surface area (Å²) in [6, 6.07) is 6.80. The van der Waals surface area contributed by atoms with Gasteiger partial charge in [-0.3, -0.25) is 4.79 Å². The number of halogens is 1. The van der Waals surface area contributed by atoms with Crippen molar-refractivity contribution in [2.75, 3.05) is 13.6 Å². The van der Waals surface area contributed by atoms with Crippen molar-refractivity contribution in [1.29, 1.82) is 0 Å². The maximum atomic E-state index is 13.5. The van der Waals surface area contributed by atoms with Crippen LogP contribution in [0.5, 0.6) is 0 Å². The van der Waals surface area contributed by atoms with Crippen LogP contribution in [0, 0.1) is 11.7 Å². The van der Waals surface area contributed by atoms with Crippen LogP contribution in [0.4, 0.5) is 4.39 Å². The van der Waals surface area contributed by atoms with Crippen molar-refractivity contribution >= 4 is 12.2 Å². The molecule has 1 aromatic carbocycles. The van der Waals surface area contributed by atoms with Crippen LogP contribution in [0.3, 0.4) is 0 Å². The lowest BCUT2D eigenvalue weighted by Gasteiger charge is -2.31. The first kappa shape index (κ1) is 23.7. The average Bonchev–Trinajstić information content (AvgIpc) is 3.29. The fourth-order valence-electron chi connectivity index (χ4n) is 4.17. The summed E-state index contributed by atoms with van der Waals surface area (Å²) in [7, 11) is 1.86. The van der Waals surface area contributed by atoms with Crippen LogP contribution in [-0.4, -0.2) is 41.9 Å². The molecule has 172 valence electrons. The van der Waals surface area contributed by atoms with Crippen molar-refractivity contribution in [3.05, 3.63) is 53.2 Å². The Morgan fingerprint density at radius 3 is 2.50 bits per heavy atom. The van der Waals surface area contributed by atoms with E-state index < -0.39 is 6.04 Å². The zero-order chi connectivity index (χ0) is 23.1. The Labute approximate surface area is 188 Å². The third-order valence-electron chi connectivity index (χ3n) is 5.91. The topological polar surface area (TPSA) is 75.4 Å². The van der Waals surface area contributed by atoms with Gasteiger partial charge in [-0.15, -0.1) is 0 Å². The van der Waals surface area contributed by atoms with Crippen LogP contribution in [0.2, 0.25) is 0 Å². The van der Waals surface area contributed by atoms with Crippen LogP contribution in [0.1, 0.15) is 62.9 Å². The summed E-state index contributed by atoms with van der Waals surface area (Å²) in [4.78, 5) is 27.1. The first-order chi connectivity index (χ1) is 15.4. The number of aromatic nitrogens is 1. The fourth-order valence-corrected chi connectivity index (χ4v) is 4.17. The maximum absolute atomic E-state index is 13.5. The number of likely N-dealkylation sites (N-methyl/N-ethyl adjacent to an activating group) is 1. The molecule has 1 N–H and O–H groups in total. The Morgan fingerprint density at radius 2 is 1.91 bits per heavy atom. The summed E-state index contributed by atoms with van der Waals surface area (Å²) in [6.07, 6.45) is 6.91. The first-order valence-corrected chi connectivity index (χ1v) is 11.3. The highest BCUT2D eigenvalue weighted by Crippen LogP contribution is 2.27. The number of rotatable bonds is 9. The van der Waals surface area contributed by atoms with E-state index in [4.69, 9.17) is 4.52 Å². The second-order valence-electron chi connectivity index (χ2n) is 8.74. The largest absolute Gasteiger partial charge is 0.390 e. The van der Waals surface area contributed by atoms with E-state index in [-0.39, 0.29) is 23.4 Å². The molecule has 1 saturated carbocycles. The van der Waals surface area contributed by atoms with Gasteiger partial charge in [-0.2, -0.15) is 0 Å². The predicted octanol–water partition coefficient (Wildman–Crippen LogP) is 4.97. The second-order valence-corrected chi connectivity index (χ2v) is 8.74. The van der Waals surface area contributed by atoms with Gasteiger partial charge in [-0.1, -0.05) is 25.4 Å². The summed E-state index contributed by atoms with van der Waals surface area (Å²) in [5.41, 5.74) is 3.40. The molecule has 1 heterocycles. The molecule has 1 unspecified atom stereocenters. The highest BCUT2D eigenvalue weighted by atomic mass is 19.1. The molecule has 3 rings (SSSR count). The van der Waals surface area contributed by atoms with Gasteiger partial charge in [-0.05, 0) is 67.9 Å². The molecule has 6 nitrogen and oxygen atoms in total. The number of hydrogen-bond acceptors (Lipinski definition) is 5. The number of carbonyl (C=O) groups excluding carboxylic acids is 2. The summed E-state index contributed by atoms with van der Waals surface area (Å²) >= 11 is 0. The molecule has 32 heavy (non-hydrogen) atoms. The van der Waals surface area contributed by atoms with E-state index >= 15 is 0 Å². The lowest BCUT2D eigenvalue weighted by atomic mass is 9.92. The third kappa shape index (κ3) is 5.84. The Morgan fingerprint density at radius 1 is 1.22 bits per heavy atom. The van der Waals surface area contributed by atoms with Crippen molar-refractivity contribution in [2.45, 2.75) is 58.4 Å². The van der Waals surface area contributed by atoms with Gasteiger partial charge in [0.15, 0.2) is 0 Å². The van der Waals surface area contributed by atoms with E-state index in [1.54, 1.807) is 23.1 Å². The summed E-state index contributed by atoms with van der Waals surface area (Å²) in [6.45, 7) is 4.37. The van der Waals surface area contributed by atoms with Crippen LogP contribution < -0.4 is 5.32 Å². The highest BCUT2D eigenvalue weighted by Gasteiger charge is 2.29. The highest BCUT2D eigenvalue weighted by molar-refractivity contribution is 5.94. The second kappa shape index (κ2) is 11.1. The minimum absolute atomic E-state index is 0.0593. The number of amides is 1. The number of aldehydes is 1. The number of nitrogens with one attached hydrogen (secondary N) is 1. The van der Waals surface area contributed by atoms with Gasteiger partial charge in [0.25, 0.3) is 5.91 Å². The standard InChI is InChI=1S/C25H32FN3O3/c1-17(2)13-21(16-30)29(15-23(27-3)18-7-5-4-6-8-18)25(31)24-14-22(28-32-24)19-9-11-20(26)12-10-19/h9-12,14,16-17,21,27H,4-8,13,15H2,1-3H3. The van der Waals surface area contributed by atoms with Gasteiger partial charge in [-0.25, -0.2) is 4.39 Å². The van der Waals surface area contributed by atoms with Gasteiger partial charge in [0, 0.05) is 24.4 Å². The number of allylic oxidation sites excluding steroid dienone is 1. The molecule has 1 aromatic heterocycles. The maximum Gasteiger partial charge on any atom is 0.293 e. The summed E-state index contributed by atoms with van der Waals surface area (Å²) in [5, 5.41) is 7.26. The van der Waals surface area contributed by atoms with Crippen molar-refractivity contribution in [1.82, 2.24) is 15.4 Å². The smallest absolute Gasteiger partial charge is 0.293 e. The predicted molar refractivity (Wildman–Crippen MR) is 121 cm³/mol. The van der Waals surface area contributed by atoms with Crippen molar-refractivity contribution in [2.24, 2.45) is 5.92 Å². The summed E-state index contributed by atoms with van der Waals surface area (Å²) in [5.74, 6) is -0.431. The Hall–Kier alpha value is -2.96. The number of hydrogen-bond donors (Lipinski definition) is 1. The zero-order valence-electron chi connectivity index (χ0n) is 19.1. The fraction of sp³-hybridized carbons (Fsp3) is 0.480. The normalized spacial score (nSPS) is 14.8. The molecule has 7 heteroatoms. The third-order valence-corrected chi connectivity index (χ3v) is 5.91. The average molecular weight is 442 g/mol. The molecule has 0 spiro atoms. The van der Waals surface area contributed by atoms with Crippen molar-refractivity contribution in [3.63, 3.8) is 0 Å². The van der Waals surface area contributed by atoms with Crippen LogP contribution in [0.15, 0.2) is 46.1 Å². The van der Waals surface area contributed by atoms with Gasteiger partial charge in [0.05, 0.1) is 12.6 Å². The molecule has 0 aliphatic heterocycles. The Kier molecular flexibility index (Phi) is 8.20. The quantitative estimate of drug-likeness (QED) is 0.556. The molecular formula is C25H32FN3O3. The monoisotopic (exact) mass is 441 g/mol. The van der Waals surface area contributed by atoms with E-state index in [0.717, 1.165) is 37.7 Å². The molecule has 0 radical (unpaired) electrons. The molecule has 0 bridgehead atoms. The first-order valence-electron chi connectivity index (χ1n) is 11.3. The molecule has 2 aromatic rings. The van der Waals surface area contributed by atoms with Crippen molar-refractivity contribution < 1.29 is 18.5 Å². The minimum atomic E-state index is -0.575. The molecule has 0 saturated heterocycles. The zero-order valence-corrected chi connectivity index (χ0v) is 19.1. The Bertz CT molecular complexity index is 942. The van der Waals surface area contributed by atoms with E-state index in [2.05, 4.69) is 10.5 Å². The summed E-state index contributed by atoms with van der Waals surface area (Å²) < 4.78 is 18.6. The molecule has 1 fully saturated rings.